The fourth-order valence-corrected chi connectivity index (χ4v) is 1.86. The predicted molar refractivity (Wildman–Crippen MR) is 59.4 cm³/mol. The summed E-state index contributed by atoms with van der Waals surface area (Å²) < 4.78 is 0. The molecule has 0 atom stereocenters. The second kappa shape index (κ2) is 5.22. The Morgan fingerprint density at radius 1 is 1.54 bits per heavy atom. The van der Waals surface area contributed by atoms with Gasteiger partial charge in [-0.3, -0.25) is 0 Å². The third-order valence-electron chi connectivity index (χ3n) is 1.85. The quantitative estimate of drug-likeness (QED) is 0.734. The van der Waals surface area contributed by atoms with E-state index in [9.17, 15) is 0 Å². The van der Waals surface area contributed by atoms with Gasteiger partial charge in [0, 0.05) is 11.9 Å². The molecular weight excluding hydrogens is 180 g/mol. The topological polar surface area (TPSA) is 24.9 Å². The highest BCUT2D eigenvalue weighted by molar-refractivity contribution is 7.13. The van der Waals surface area contributed by atoms with Crippen molar-refractivity contribution in [3.05, 3.63) is 11.1 Å². The second-order valence-corrected chi connectivity index (χ2v) is 4.61. The maximum absolute atomic E-state index is 4.33. The lowest BCUT2D eigenvalue weighted by atomic mass is 10.1. The van der Waals surface area contributed by atoms with Crippen LogP contribution in [0.25, 0.3) is 0 Å². The molecule has 1 rings (SSSR count). The predicted octanol–water partition coefficient (Wildman–Crippen LogP) is 3.30. The number of anilines is 1. The summed E-state index contributed by atoms with van der Waals surface area (Å²) in [7, 11) is 0. The van der Waals surface area contributed by atoms with Crippen molar-refractivity contribution >= 4 is 16.5 Å². The average Bonchev–Trinajstić information content (AvgIpc) is 2.45. The highest BCUT2D eigenvalue weighted by Crippen LogP contribution is 2.14. The standard InChI is InChI=1S/C10H18N2S/c1-8(2)5-4-6-11-10-12-9(3)7-13-10/h7-8H,4-6H2,1-3H3,(H,11,12). The molecule has 0 unspecified atom stereocenters. The van der Waals surface area contributed by atoms with Gasteiger partial charge in [0.25, 0.3) is 0 Å². The molecule has 0 aliphatic heterocycles. The number of aromatic nitrogens is 1. The van der Waals surface area contributed by atoms with Crippen LogP contribution >= 0.6 is 11.3 Å². The minimum atomic E-state index is 0.805. The van der Waals surface area contributed by atoms with Crippen LogP contribution in [0.2, 0.25) is 0 Å². The first-order valence-electron chi connectivity index (χ1n) is 4.84. The molecule has 1 heterocycles. The third kappa shape index (κ3) is 4.27. The van der Waals surface area contributed by atoms with Crippen LogP contribution in [-0.2, 0) is 0 Å². The van der Waals surface area contributed by atoms with Crippen molar-refractivity contribution in [2.45, 2.75) is 33.6 Å². The Kier molecular flexibility index (Phi) is 4.22. The molecule has 1 N–H and O–H groups in total. The number of hydrogen-bond acceptors (Lipinski definition) is 3. The highest BCUT2D eigenvalue weighted by Gasteiger charge is 1.97. The molecule has 2 nitrogen and oxygen atoms in total. The maximum Gasteiger partial charge on any atom is 0.182 e. The lowest BCUT2D eigenvalue weighted by Gasteiger charge is -2.04. The van der Waals surface area contributed by atoms with Gasteiger partial charge in [-0.05, 0) is 25.7 Å². The number of nitrogens with one attached hydrogen (secondary N) is 1. The van der Waals surface area contributed by atoms with E-state index in [-0.39, 0.29) is 0 Å². The Morgan fingerprint density at radius 3 is 2.85 bits per heavy atom. The van der Waals surface area contributed by atoms with E-state index in [1.807, 2.05) is 6.92 Å². The minimum Gasteiger partial charge on any atom is -0.362 e. The van der Waals surface area contributed by atoms with Crippen LogP contribution in [-0.4, -0.2) is 11.5 Å². The molecule has 0 spiro atoms. The number of rotatable bonds is 5. The van der Waals surface area contributed by atoms with Gasteiger partial charge < -0.3 is 5.32 Å². The number of thiazole rings is 1. The summed E-state index contributed by atoms with van der Waals surface area (Å²) in [5, 5.41) is 6.46. The normalized spacial score (nSPS) is 10.8. The smallest absolute Gasteiger partial charge is 0.182 e. The molecule has 13 heavy (non-hydrogen) atoms. The van der Waals surface area contributed by atoms with Crippen molar-refractivity contribution < 1.29 is 0 Å². The Hall–Kier alpha value is -0.570. The van der Waals surface area contributed by atoms with E-state index in [4.69, 9.17) is 0 Å². The summed E-state index contributed by atoms with van der Waals surface area (Å²) in [5.74, 6) is 0.805. The van der Waals surface area contributed by atoms with Crippen LogP contribution in [0.3, 0.4) is 0 Å². The molecule has 1 aromatic heterocycles. The lowest BCUT2D eigenvalue weighted by molar-refractivity contribution is 0.567. The van der Waals surface area contributed by atoms with Crippen LogP contribution in [0.5, 0.6) is 0 Å². The molecule has 0 bridgehead atoms. The third-order valence-corrected chi connectivity index (χ3v) is 2.77. The van der Waals surface area contributed by atoms with Crippen molar-refractivity contribution in [3.8, 4) is 0 Å². The Morgan fingerprint density at radius 2 is 2.31 bits per heavy atom. The molecule has 0 radical (unpaired) electrons. The fraction of sp³-hybridized carbons (Fsp3) is 0.700. The van der Waals surface area contributed by atoms with Crippen LogP contribution in [0, 0.1) is 12.8 Å². The SMILES string of the molecule is Cc1csc(NCCCC(C)C)n1. The first-order chi connectivity index (χ1) is 6.18. The van der Waals surface area contributed by atoms with E-state index in [0.717, 1.165) is 23.3 Å². The summed E-state index contributed by atoms with van der Waals surface area (Å²) >= 11 is 1.69. The summed E-state index contributed by atoms with van der Waals surface area (Å²) in [6.07, 6.45) is 2.52. The molecular formula is C10H18N2S. The van der Waals surface area contributed by atoms with Gasteiger partial charge in [-0.1, -0.05) is 13.8 Å². The monoisotopic (exact) mass is 198 g/mol. The van der Waals surface area contributed by atoms with Gasteiger partial charge in [0.15, 0.2) is 5.13 Å². The number of hydrogen-bond donors (Lipinski definition) is 1. The molecule has 0 saturated carbocycles. The van der Waals surface area contributed by atoms with E-state index < -0.39 is 0 Å². The van der Waals surface area contributed by atoms with E-state index in [0.29, 0.717) is 0 Å². The van der Waals surface area contributed by atoms with Gasteiger partial charge >= 0.3 is 0 Å². The van der Waals surface area contributed by atoms with Gasteiger partial charge in [-0.15, -0.1) is 11.3 Å². The average molecular weight is 198 g/mol. The Bertz CT molecular complexity index is 243. The summed E-state index contributed by atoms with van der Waals surface area (Å²) in [6.45, 7) is 7.59. The molecule has 0 saturated heterocycles. The Labute approximate surface area is 84.4 Å². The minimum absolute atomic E-state index is 0.805. The summed E-state index contributed by atoms with van der Waals surface area (Å²) in [4.78, 5) is 4.33. The molecule has 74 valence electrons. The fourth-order valence-electron chi connectivity index (χ4n) is 1.14. The molecule has 1 aromatic rings. The van der Waals surface area contributed by atoms with Gasteiger partial charge in [-0.2, -0.15) is 0 Å². The highest BCUT2D eigenvalue weighted by atomic mass is 32.1. The Balaban J connectivity index is 2.13. The van der Waals surface area contributed by atoms with Gasteiger partial charge in [-0.25, -0.2) is 4.98 Å². The first kappa shape index (κ1) is 10.5. The van der Waals surface area contributed by atoms with Crippen molar-refractivity contribution in [1.82, 2.24) is 4.98 Å². The molecule has 0 aromatic carbocycles. The van der Waals surface area contributed by atoms with Crippen LogP contribution in [0.4, 0.5) is 5.13 Å². The molecule has 0 aliphatic rings. The van der Waals surface area contributed by atoms with E-state index in [1.165, 1.54) is 12.8 Å². The van der Waals surface area contributed by atoms with E-state index in [2.05, 4.69) is 29.5 Å². The zero-order valence-electron chi connectivity index (χ0n) is 8.63. The van der Waals surface area contributed by atoms with Crippen LogP contribution in [0.15, 0.2) is 5.38 Å². The van der Waals surface area contributed by atoms with Crippen LogP contribution in [0.1, 0.15) is 32.4 Å². The van der Waals surface area contributed by atoms with Crippen LogP contribution < -0.4 is 5.32 Å². The largest absolute Gasteiger partial charge is 0.362 e. The van der Waals surface area contributed by atoms with Gasteiger partial charge in [0.05, 0.1) is 5.69 Å². The maximum atomic E-state index is 4.33. The van der Waals surface area contributed by atoms with Gasteiger partial charge in [0.2, 0.25) is 0 Å². The van der Waals surface area contributed by atoms with E-state index in [1.54, 1.807) is 11.3 Å². The van der Waals surface area contributed by atoms with Gasteiger partial charge in [0.1, 0.15) is 0 Å². The number of aryl methyl sites for hydroxylation is 1. The zero-order chi connectivity index (χ0) is 9.68. The zero-order valence-corrected chi connectivity index (χ0v) is 9.45. The summed E-state index contributed by atoms with van der Waals surface area (Å²) in [5.41, 5.74) is 1.11. The van der Waals surface area contributed by atoms with Crippen molar-refractivity contribution in [2.24, 2.45) is 5.92 Å². The first-order valence-corrected chi connectivity index (χ1v) is 5.72. The summed E-state index contributed by atoms with van der Waals surface area (Å²) in [6, 6.07) is 0. The molecule has 3 heteroatoms. The lowest BCUT2D eigenvalue weighted by Crippen LogP contribution is -2.02. The van der Waals surface area contributed by atoms with Crippen molar-refractivity contribution in [2.75, 3.05) is 11.9 Å². The molecule has 0 aliphatic carbocycles. The molecule has 0 amide bonds. The number of nitrogens with zero attached hydrogens (tertiary/aromatic N) is 1. The van der Waals surface area contributed by atoms with Crippen molar-refractivity contribution in [1.29, 1.82) is 0 Å². The molecule has 0 fully saturated rings. The van der Waals surface area contributed by atoms with E-state index >= 15 is 0 Å². The second-order valence-electron chi connectivity index (χ2n) is 3.76. The van der Waals surface area contributed by atoms with Crippen molar-refractivity contribution in [3.63, 3.8) is 0 Å².